The summed E-state index contributed by atoms with van der Waals surface area (Å²) in [7, 11) is 1.58. The number of hydrogen-bond acceptors (Lipinski definition) is 8. The Morgan fingerprint density at radius 3 is 2.66 bits per heavy atom. The van der Waals surface area contributed by atoms with Crippen molar-refractivity contribution in [3.05, 3.63) is 75.3 Å². The largest absolute Gasteiger partial charge is 0.497 e. The molecule has 29 heavy (non-hydrogen) atoms. The summed E-state index contributed by atoms with van der Waals surface area (Å²) in [6.07, 6.45) is 0. The van der Waals surface area contributed by atoms with Gasteiger partial charge in [0.25, 0.3) is 11.6 Å². The molecule has 0 saturated carbocycles. The Morgan fingerprint density at radius 2 is 1.97 bits per heavy atom. The van der Waals surface area contributed by atoms with Crippen LogP contribution in [0.1, 0.15) is 5.89 Å². The van der Waals surface area contributed by atoms with E-state index in [1.54, 1.807) is 36.6 Å². The summed E-state index contributed by atoms with van der Waals surface area (Å²) in [5.74, 6) is 1.96. The summed E-state index contributed by atoms with van der Waals surface area (Å²) >= 11 is 1.54. The van der Waals surface area contributed by atoms with E-state index in [0.717, 1.165) is 11.1 Å². The van der Waals surface area contributed by atoms with Crippen LogP contribution in [0.3, 0.4) is 0 Å². The van der Waals surface area contributed by atoms with Crippen molar-refractivity contribution in [3.8, 4) is 34.0 Å². The van der Waals surface area contributed by atoms with Crippen molar-refractivity contribution in [2.75, 3.05) is 7.11 Å². The predicted molar refractivity (Wildman–Crippen MR) is 107 cm³/mol. The summed E-state index contributed by atoms with van der Waals surface area (Å²) in [4.78, 5) is 15.1. The Labute approximate surface area is 169 Å². The molecule has 2 heterocycles. The van der Waals surface area contributed by atoms with Crippen LogP contribution in [0, 0.1) is 10.1 Å². The number of benzene rings is 2. The van der Waals surface area contributed by atoms with Crippen LogP contribution in [-0.2, 0) is 6.61 Å². The SMILES string of the molecule is COc1ccc(-c2cc([N+](=O)[O-])ccc2OCc2nc(-c3ccsc3)no2)cc1. The van der Waals surface area contributed by atoms with E-state index >= 15 is 0 Å². The molecular formula is C20H15N3O5S. The van der Waals surface area contributed by atoms with Crippen LogP contribution < -0.4 is 9.47 Å². The second-order valence-corrected chi connectivity index (χ2v) is 6.76. The standard InChI is InChI=1S/C20H15N3O5S/c1-26-16-5-2-13(3-6-16)17-10-15(23(24)25)4-7-18(17)27-11-19-21-20(22-28-19)14-8-9-29-12-14/h2-10,12H,11H2,1H3. The van der Waals surface area contributed by atoms with Crippen LogP contribution >= 0.6 is 11.3 Å². The number of aromatic nitrogens is 2. The van der Waals surface area contributed by atoms with E-state index in [-0.39, 0.29) is 12.3 Å². The number of non-ortho nitro benzene ring substituents is 1. The molecule has 4 aromatic rings. The van der Waals surface area contributed by atoms with Gasteiger partial charge in [0, 0.05) is 28.6 Å². The van der Waals surface area contributed by atoms with Gasteiger partial charge in [-0.05, 0) is 35.2 Å². The molecule has 0 bridgehead atoms. The molecule has 0 atom stereocenters. The van der Waals surface area contributed by atoms with Crippen LogP contribution in [0.15, 0.2) is 63.8 Å². The third kappa shape index (κ3) is 4.09. The van der Waals surface area contributed by atoms with Crippen LogP contribution in [0.25, 0.3) is 22.5 Å². The summed E-state index contributed by atoms with van der Waals surface area (Å²) in [6.45, 7) is 0.0398. The second kappa shape index (κ2) is 8.11. The van der Waals surface area contributed by atoms with E-state index in [1.165, 1.54) is 12.1 Å². The fourth-order valence-corrected chi connectivity index (χ4v) is 3.35. The molecule has 4 rings (SSSR count). The van der Waals surface area contributed by atoms with Crippen LogP contribution in [-0.4, -0.2) is 22.2 Å². The minimum absolute atomic E-state index is 0.0271. The van der Waals surface area contributed by atoms with Crippen molar-refractivity contribution in [2.24, 2.45) is 0 Å². The molecule has 0 aliphatic heterocycles. The highest BCUT2D eigenvalue weighted by atomic mass is 32.1. The lowest BCUT2D eigenvalue weighted by atomic mass is 10.0. The zero-order valence-corrected chi connectivity index (χ0v) is 16.1. The molecule has 0 amide bonds. The van der Waals surface area contributed by atoms with Gasteiger partial charge >= 0.3 is 0 Å². The van der Waals surface area contributed by atoms with Gasteiger partial charge in [-0.15, -0.1) is 0 Å². The van der Waals surface area contributed by atoms with Crippen LogP contribution in [0.2, 0.25) is 0 Å². The van der Waals surface area contributed by atoms with E-state index < -0.39 is 4.92 Å². The highest BCUT2D eigenvalue weighted by Gasteiger charge is 2.16. The molecule has 0 spiro atoms. The monoisotopic (exact) mass is 409 g/mol. The lowest BCUT2D eigenvalue weighted by Gasteiger charge is -2.11. The molecule has 0 radical (unpaired) electrons. The highest BCUT2D eigenvalue weighted by Crippen LogP contribution is 2.35. The first-order valence-corrected chi connectivity index (χ1v) is 9.49. The number of rotatable bonds is 7. The molecule has 0 unspecified atom stereocenters. The number of nitro benzene ring substituents is 1. The van der Waals surface area contributed by atoms with Gasteiger partial charge in [-0.1, -0.05) is 17.3 Å². The molecule has 0 saturated heterocycles. The first-order valence-electron chi connectivity index (χ1n) is 8.55. The van der Waals surface area contributed by atoms with Gasteiger partial charge in [-0.2, -0.15) is 16.3 Å². The molecule has 0 fully saturated rings. The molecule has 9 heteroatoms. The van der Waals surface area contributed by atoms with E-state index in [2.05, 4.69) is 10.1 Å². The third-order valence-corrected chi connectivity index (χ3v) is 4.86. The molecule has 8 nitrogen and oxygen atoms in total. The van der Waals surface area contributed by atoms with Crippen LogP contribution in [0.5, 0.6) is 11.5 Å². The number of hydrogen-bond donors (Lipinski definition) is 0. The third-order valence-electron chi connectivity index (χ3n) is 4.17. The molecule has 0 N–H and O–H groups in total. The number of methoxy groups -OCH3 is 1. The van der Waals surface area contributed by atoms with Gasteiger partial charge in [0.1, 0.15) is 11.5 Å². The first-order chi connectivity index (χ1) is 14.1. The molecule has 2 aromatic heterocycles. The van der Waals surface area contributed by atoms with Crippen molar-refractivity contribution in [1.82, 2.24) is 10.1 Å². The Balaban J connectivity index is 1.60. The Morgan fingerprint density at radius 1 is 1.14 bits per heavy atom. The fourth-order valence-electron chi connectivity index (χ4n) is 2.72. The summed E-state index contributed by atoms with van der Waals surface area (Å²) in [5.41, 5.74) is 2.19. The Bertz CT molecular complexity index is 1120. The molecule has 146 valence electrons. The Hall–Kier alpha value is -3.72. The van der Waals surface area contributed by atoms with Gasteiger partial charge in [0.2, 0.25) is 5.82 Å². The second-order valence-electron chi connectivity index (χ2n) is 5.98. The maximum Gasteiger partial charge on any atom is 0.270 e. The summed E-state index contributed by atoms with van der Waals surface area (Å²) in [6, 6.07) is 13.5. The van der Waals surface area contributed by atoms with E-state index in [1.807, 2.05) is 29.0 Å². The predicted octanol–water partition coefficient (Wildman–Crippen LogP) is 4.96. The molecule has 0 aliphatic rings. The quantitative estimate of drug-likeness (QED) is 0.314. The summed E-state index contributed by atoms with van der Waals surface area (Å²) < 4.78 is 16.3. The zero-order valence-electron chi connectivity index (χ0n) is 15.3. The topological polar surface area (TPSA) is 101 Å². The van der Waals surface area contributed by atoms with Crippen LogP contribution in [0.4, 0.5) is 5.69 Å². The van der Waals surface area contributed by atoms with Crippen molar-refractivity contribution in [1.29, 1.82) is 0 Å². The smallest absolute Gasteiger partial charge is 0.270 e. The number of ether oxygens (including phenoxy) is 2. The van der Waals surface area contributed by atoms with Crippen molar-refractivity contribution in [2.45, 2.75) is 6.61 Å². The minimum Gasteiger partial charge on any atom is -0.497 e. The Kier molecular flexibility index (Phi) is 5.21. The number of nitro groups is 1. The fraction of sp³-hybridized carbons (Fsp3) is 0.100. The zero-order chi connectivity index (χ0) is 20.2. The highest BCUT2D eigenvalue weighted by molar-refractivity contribution is 7.08. The lowest BCUT2D eigenvalue weighted by Crippen LogP contribution is -1.98. The van der Waals surface area contributed by atoms with E-state index in [0.29, 0.717) is 28.8 Å². The van der Waals surface area contributed by atoms with Crippen molar-refractivity contribution >= 4 is 17.0 Å². The minimum atomic E-state index is -0.443. The van der Waals surface area contributed by atoms with E-state index in [9.17, 15) is 10.1 Å². The van der Waals surface area contributed by atoms with Gasteiger partial charge in [-0.3, -0.25) is 10.1 Å². The number of thiophene rings is 1. The van der Waals surface area contributed by atoms with Gasteiger partial charge < -0.3 is 14.0 Å². The summed E-state index contributed by atoms with van der Waals surface area (Å²) in [5, 5.41) is 19.0. The number of nitrogens with zero attached hydrogens (tertiary/aromatic N) is 3. The maximum atomic E-state index is 11.2. The average molecular weight is 409 g/mol. The maximum absolute atomic E-state index is 11.2. The molecule has 2 aromatic carbocycles. The lowest BCUT2D eigenvalue weighted by molar-refractivity contribution is -0.384. The van der Waals surface area contributed by atoms with Gasteiger partial charge in [-0.25, -0.2) is 0 Å². The first kappa shape index (κ1) is 18.6. The molecule has 0 aliphatic carbocycles. The molecular weight excluding hydrogens is 394 g/mol. The normalized spacial score (nSPS) is 10.7. The average Bonchev–Trinajstić information content (AvgIpc) is 3.44. The van der Waals surface area contributed by atoms with Gasteiger partial charge in [0.05, 0.1) is 12.0 Å². The van der Waals surface area contributed by atoms with Crippen molar-refractivity contribution < 1.29 is 18.9 Å². The van der Waals surface area contributed by atoms with E-state index in [4.69, 9.17) is 14.0 Å². The van der Waals surface area contributed by atoms with Crippen molar-refractivity contribution in [3.63, 3.8) is 0 Å². The van der Waals surface area contributed by atoms with Gasteiger partial charge in [0.15, 0.2) is 6.61 Å².